The largest absolute Gasteiger partial charge is 0.368 e. The number of carbonyl (C=O) groups excluding carboxylic acids is 2. The molecule has 10 nitrogen and oxygen atoms in total. The summed E-state index contributed by atoms with van der Waals surface area (Å²) in [6, 6.07) is 0.187. The lowest BCUT2D eigenvalue weighted by atomic mass is 10.3. The summed E-state index contributed by atoms with van der Waals surface area (Å²) in [5.41, 5.74) is 1.54. The Labute approximate surface area is 188 Å². The van der Waals surface area contributed by atoms with Gasteiger partial charge in [0, 0.05) is 58.2 Å². The Balaban J connectivity index is 1.37. The summed E-state index contributed by atoms with van der Waals surface area (Å²) in [5.74, 6) is 2.01. The van der Waals surface area contributed by atoms with Crippen LogP contribution < -0.4 is 10.6 Å². The van der Waals surface area contributed by atoms with Crippen LogP contribution in [-0.4, -0.2) is 80.4 Å². The van der Waals surface area contributed by atoms with Gasteiger partial charge in [0.05, 0.1) is 0 Å². The van der Waals surface area contributed by atoms with Crippen molar-refractivity contribution in [1.29, 1.82) is 0 Å². The van der Waals surface area contributed by atoms with Gasteiger partial charge in [-0.15, -0.1) is 0 Å². The Hall–Kier alpha value is -2.91. The molecule has 0 saturated carbocycles. The van der Waals surface area contributed by atoms with Crippen molar-refractivity contribution >= 4 is 34.7 Å². The second kappa shape index (κ2) is 10.1. The molecule has 0 atom stereocenters. The van der Waals surface area contributed by atoms with E-state index >= 15 is 0 Å². The molecular formula is C22H34N8O2. The van der Waals surface area contributed by atoms with Gasteiger partial charge < -0.3 is 20.4 Å². The third kappa shape index (κ3) is 4.94. The number of nitrogens with one attached hydrogen (secondary N) is 2. The van der Waals surface area contributed by atoms with Gasteiger partial charge in [0.2, 0.25) is 17.8 Å². The van der Waals surface area contributed by atoms with Crippen LogP contribution in [0.5, 0.6) is 0 Å². The normalized spacial score (nSPS) is 16.7. The SMILES string of the molecule is CC(C)n1c(NCCCN2CCCC2=O)nc2c(NCCCN3CCCC3=O)ncnc21. The highest BCUT2D eigenvalue weighted by Crippen LogP contribution is 2.26. The van der Waals surface area contributed by atoms with Gasteiger partial charge in [0.1, 0.15) is 6.33 Å². The average molecular weight is 443 g/mol. The van der Waals surface area contributed by atoms with E-state index in [1.54, 1.807) is 6.33 Å². The highest BCUT2D eigenvalue weighted by atomic mass is 16.2. The molecule has 0 spiro atoms. The Morgan fingerprint density at radius 2 is 1.56 bits per heavy atom. The van der Waals surface area contributed by atoms with Crippen molar-refractivity contribution in [3.63, 3.8) is 0 Å². The van der Waals surface area contributed by atoms with E-state index in [2.05, 4.69) is 39.0 Å². The smallest absolute Gasteiger partial charge is 0.222 e. The minimum Gasteiger partial charge on any atom is -0.368 e. The molecule has 174 valence electrons. The number of carbonyl (C=O) groups is 2. The summed E-state index contributed by atoms with van der Waals surface area (Å²) in [7, 11) is 0. The van der Waals surface area contributed by atoms with E-state index in [0.717, 1.165) is 82.1 Å². The van der Waals surface area contributed by atoms with E-state index in [1.807, 2.05) is 9.80 Å². The molecule has 0 radical (unpaired) electrons. The van der Waals surface area contributed by atoms with E-state index in [9.17, 15) is 9.59 Å². The monoisotopic (exact) mass is 442 g/mol. The third-order valence-corrected chi connectivity index (χ3v) is 6.12. The van der Waals surface area contributed by atoms with Gasteiger partial charge in [-0.25, -0.2) is 15.0 Å². The Morgan fingerprint density at radius 3 is 2.12 bits per heavy atom. The maximum absolute atomic E-state index is 11.8. The summed E-state index contributed by atoms with van der Waals surface area (Å²) in [6.45, 7) is 8.97. The van der Waals surface area contributed by atoms with E-state index < -0.39 is 0 Å². The molecule has 10 heteroatoms. The predicted octanol–water partition coefficient (Wildman–Crippen LogP) is 2.26. The Kier molecular flexibility index (Phi) is 7.06. The fraction of sp³-hybridized carbons (Fsp3) is 0.682. The Bertz CT molecular complexity index is 957. The molecule has 2 N–H and O–H groups in total. The molecule has 2 aromatic heterocycles. The van der Waals surface area contributed by atoms with Crippen LogP contribution in [0.4, 0.5) is 11.8 Å². The molecule has 2 amide bonds. The van der Waals surface area contributed by atoms with Gasteiger partial charge in [0.15, 0.2) is 17.0 Å². The van der Waals surface area contributed by atoms with E-state index in [-0.39, 0.29) is 17.9 Å². The molecule has 2 aliphatic heterocycles. The lowest BCUT2D eigenvalue weighted by Crippen LogP contribution is -2.27. The topological polar surface area (TPSA) is 108 Å². The molecule has 2 saturated heterocycles. The first-order chi connectivity index (χ1) is 15.5. The van der Waals surface area contributed by atoms with Crippen molar-refractivity contribution in [2.75, 3.05) is 49.9 Å². The quantitative estimate of drug-likeness (QED) is 0.514. The van der Waals surface area contributed by atoms with Crippen LogP contribution in [-0.2, 0) is 9.59 Å². The highest BCUT2D eigenvalue weighted by molar-refractivity contribution is 5.85. The lowest BCUT2D eigenvalue weighted by Gasteiger charge is -2.16. The molecule has 4 rings (SSSR count). The fourth-order valence-corrected chi connectivity index (χ4v) is 4.48. The zero-order valence-corrected chi connectivity index (χ0v) is 19.1. The standard InChI is InChI=1S/C22H34N8O2/c1-16(2)30-21-19(27-22(30)24-10-6-14-29-12-4-8-18(29)32)20(25-15-26-21)23-9-5-13-28-11-3-7-17(28)31/h15-16H,3-14H2,1-2H3,(H,24,27)(H,23,25,26). The first kappa shape index (κ1) is 22.3. The number of fused-ring (bicyclic) bond motifs is 1. The molecule has 2 fully saturated rings. The summed E-state index contributed by atoms with van der Waals surface area (Å²) in [4.78, 5) is 41.1. The van der Waals surface area contributed by atoms with Gasteiger partial charge in [0.25, 0.3) is 0 Å². The maximum Gasteiger partial charge on any atom is 0.222 e. The van der Waals surface area contributed by atoms with E-state index in [4.69, 9.17) is 4.98 Å². The zero-order valence-electron chi connectivity index (χ0n) is 19.1. The molecule has 0 bridgehead atoms. The van der Waals surface area contributed by atoms with Crippen LogP contribution in [0.3, 0.4) is 0 Å². The van der Waals surface area contributed by atoms with Gasteiger partial charge in [-0.2, -0.15) is 0 Å². The predicted molar refractivity (Wildman–Crippen MR) is 124 cm³/mol. The van der Waals surface area contributed by atoms with Crippen LogP contribution in [0.1, 0.15) is 58.4 Å². The molecule has 0 aliphatic carbocycles. The molecule has 32 heavy (non-hydrogen) atoms. The first-order valence-corrected chi connectivity index (χ1v) is 11.8. The van der Waals surface area contributed by atoms with Crippen molar-refractivity contribution in [2.24, 2.45) is 0 Å². The van der Waals surface area contributed by atoms with Gasteiger partial charge in [-0.1, -0.05) is 0 Å². The van der Waals surface area contributed by atoms with Crippen LogP contribution in [0.15, 0.2) is 6.33 Å². The van der Waals surface area contributed by atoms with Crippen molar-refractivity contribution in [2.45, 2.75) is 58.4 Å². The highest BCUT2D eigenvalue weighted by Gasteiger charge is 2.21. The maximum atomic E-state index is 11.8. The molecule has 0 aromatic carbocycles. The number of amides is 2. The van der Waals surface area contributed by atoms with Crippen molar-refractivity contribution in [3.05, 3.63) is 6.33 Å². The van der Waals surface area contributed by atoms with Crippen molar-refractivity contribution < 1.29 is 9.59 Å². The van der Waals surface area contributed by atoms with Gasteiger partial charge >= 0.3 is 0 Å². The molecular weight excluding hydrogens is 408 g/mol. The molecule has 0 unspecified atom stereocenters. The van der Waals surface area contributed by atoms with E-state index in [0.29, 0.717) is 18.7 Å². The van der Waals surface area contributed by atoms with Gasteiger partial charge in [-0.05, 0) is 39.5 Å². The number of hydrogen-bond acceptors (Lipinski definition) is 7. The second-order valence-electron chi connectivity index (χ2n) is 8.82. The van der Waals surface area contributed by atoms with Crippen LogP contribution in [0.2, 0.25) is 0 Å². The molecule has 4 heterocycles. The first-order valence-electron chi connectivity index (χ1n) is 11.8. The van der Waals surface area contributed by atoms with Crippen molar-refractivity contribution in [3.8, 4) is 0 Å². The lowest BCUT2D eigenvalue weighted by molar-refractivity contribution is -0.128. The number of rotatable bonds is 11. The minimum atomic E-state index is 0.187. The average Bonchev–Trinajstić information content (AvgIpc) is 3.47. The second-order valence-corrected chi connectivity index (χ2v) is 8.82. The van der Waals surface area contributed by atoms with Crippen LogP contribution in [0, 0.1) is 0 Å². The number of aromatic nitrogens is 4. The number of nitrogens with zero attached hydrogens (tertiary/aromatic N) is 6. The molecule has 2 aromatic rings. The number of imidazole rings is 1. The van der Waals surface area contributed by atoms with Crippen molar-refractivity contribution in [1.82, 2.24) is 29.3 Å². The summed E-state index contributed by atoms with van der Waals surface area (Å²) >= 11 is 0. The number of hydrogen-bond donors (Lipinski definition) is 2. The summed E-state index contributed by atoms with van der Waals surface area (Å²) in [6.07, 6.45) is 6.60. The third-order valence-electron chi connectivity index (χ3n) is 6.12. The van der Waals surface area contributed by atoms with E-state index in [1.165, 1.54) is 0 Å². The molecule has 2 aliphatic rings. The summed E-state index contributed by atoms with van der Waals surface area (Å²) < 4.78 is 2.09. The van der Waals surface area contributed by atoms with Gasteiger partial charge in [-0.3, -0.25) is 14.2 Å². The van der Waals surface area contributed by atoms with Crippen LogP contribution >= 0.6 is 0 Å². The number of anilines is 2. The Morgan fingerprint density at radius 1 is 0.938 bits per heavy atom. The summed E-state index contributed by atoms with van der Waals surface area (Å²) in [5, 5.41) is 6.81. The fourth-order valence-electron chi connectivity index (χ4n) is 4.48. The zero-order chi connectivity index (χ0) is 22.5. The van der Waals surface area contributed by atoms with Crippen LogP contribution in [0.25, 0.3) is 11.2 Å². The minimum absolute atomic E-state index is 0.187. The number of likely N-dealkylation sites (tertiary alicyclic amines) is 2.